The first kappa shape index (κ1) is 13.0. The highest BCUT2D eigenvalue weighted by molar-refractivity contribution is 6.32. The minimum atomic E-state index is -0.142. The van der Waals surface area contributed by atoms with Crippen LogP contribution < -0.4 is 9.64 Å². The van der Waals surface area contributed by atoms with Crippen LogP contribution in [0.1, 0.15) is 6.42 Å². The van der Waals surface area contributed by atoms with Gasteiger partial charge < -0.3 is 14.4 Å². The fourth-order valence-electron chi connectivity index (χ4n) is 2.21. The highest BCUT2D eigenvalue weighted by Crippen LogP contribution is 2.31. The molecule has 5 heteroatoms. The van der Waals surface area contributed by atoms with Crippen molar-refractivity contribution < 1.29 is 14.3 Å². The zero-order chi connectivity index (χ0) is 13.1. The number of halogens is 1. The van der Waals surface area contributed by atoms with Crippen LogP contribution in [0.15, 0.2) is 18.2 Å². The van der Waals surface area contributed by atoms with Gasteiger partial charge in [0.05, 0.1) is 25.2 Å². The second-order valence-electron chi connectivity index (χ2n) is 4.27. The molecule has 1 unspecified atom stereocenters. The van der Waals surface area contributed by atoms with Gasteiger partial charge in [0.1, 0.15) is 5.75 Å². The van der Waals surface area contributed by atoms with Crippen molar-refractivity contribution in [2.45, 2.75) is 6.42 Å². The summed E-state index contributed by atoms with van der Waals surface area (Å²) in [6.07, 6.45) is 0.816. The number of hydrogen-bond acceptors (Lipinski definition) is 4. The lowest BCUT2D eigenvalue weighted by molar-refractivity contribution is -0.144. The molecule has 0 bridgehead atoms. The fraction of sp³-hybridized carbons (Fsp3) is 0.462. The standard InChI is InChI=1S/C13H16ClNO3/c1-17-12-4-3-10(7-11(12)14)15-6-5-9(8-15)13(16)18-2/h3-4,7,9H,5-6,8H2,1-2H3. The molecule has 2 rings (SSSR count). The van der Waals surface area contributed by atoms with Gasteiger partial charge in [0.25, 0.3) is 0 Å². The van der Waals surface area contributed by atoms with Crippen LogP contribution in [0.3, 0.4) is 0 Å². The van der Waals surface area contributed by atoms with E-state index in [0.717, 1.165) is 18.7 Å². The Morgan fingerprint density at radius 2 is 2.22 bits per heavy atom. The Kier molecular flexibility index (Phi) is 3.97. The lowest BCUT2D eigenvalue weighted by Gasteiger charge is -2.19. The van der Waals surface area contributed by atoms with Crippen LogP contribution in [0.4, 0.5) is 5.69 Å². The Balaban J connectivity index is 2.10. The minimum absolute atomic E-state index is 0.0455. The van der Waals surface area contributed by atoms with Crippen LogP contribution in [-0.4, -0.2) is 33.3 Å². The number of methoxy groups -OCH3 is 2. The largest absolute Gasteiger partial charge is 0.495 e. The molecule has 1 saturated heterocycles. The van der Waals surface area contributed by atoms with Gasteiger partial charge in [-0.1, -0.05) is 11.6 Å². The zero-order valence-electron chi connectivity index (χ0n) is 10.5. The topological polar surface area (TPSA) is 38.8 Å². The summed E-state index contributed by atoms with van der Waals surface area (Å²) >= 11 is 6.09. The van der Waals surface area contributed by atoms with Gasteiger partial charge in [0, 0.05) is 18.8 Å². The number of hydrogen-bond donors (Lipinski definition) is 0. The molecule has 1 atom stereocenters. The van der Waals surface area contributed by atoms with E-state index in [1.54, 1.807) is 7.11 Å². The molecule has 1 aromatic rings. The van der Waals surface area contributed by atoms with E-state index in [1.165, 1.54) is 7.11 Å². The van der Waals surface area contributed by atoms with Crippen LogP contribution in [0.25, 0.3) is 0 Å². The van der Waals surface area contributed by atoms with Gasteiger partial charge in [-0.25, -0.2) is 0 Å². The quantitative estimate of drug-likeness (QED) is 0.790. The highest BCUT2D eigenvalue weighted by atomic mass is 35.5. The molecule has 4 nitrogen and oxygen atoms in total. The van der Waals surface area contributed by atoms with Crippen LogP contribution in [0, 0.1) is 5.92 Å². The molecule has 0 aliphatic carbocycles. The summed E-state index contributed by atoms with van der Waals surface area (Å²) in [6, 6.07) is 5.65. The number of carbonyl (C=O) groups is 1. The van der Waals surface area contributed by atoms with Crippen molar-refractivity contribution in [2.24, 2.45) is 5.92 Å². The Morgan fingerprint density at radius 1 is 1.44 bits per heavy atom. The third kappa shape index (κ3) is 2.53. The van der Waals surface area contributed by atoms with Crippen molar-refractivity contribution in [3.05, 3.63) is 23.2 Å². The maximum Gasteiger partial charge on any atom is 0.310 e. The van der Waals surface area contributed by atoms with E-state index < -0.39 is 0 Å². The van der Waals surface area contributed by atoms with E-state index in [-0.39, 0.29) is 11.9 Å². The monoisotopic (exact) mass is 269 g/mol. The number of ether oxygens (including phenoxy) is 2. The van der Waals surface area contributed by atoms with Gasteiger partial charge in [-0.3, -0.25) is 4.79 Å². The van der Waals surface area contributed by atoms with E-state index in [4.69, 9.17) is 21.1 Å². The molecule has 1 aliphatic rings. The lowest BCUT2D eigenvalue weighted by atomic mass is 10.1. The van der Waals surface area contributed by atoms with Gasteiger partial charge in [-0.05, 0) is 24.6 Å². The molecule has 1 aromatic carbocycles. The Hall–Kier alpha value is -1.42. The highest BCUT2D eigenvalue weighted by Gasteiger charge is 2.29. The molecule has 0 aromatic heterocycles. The molecule has 0 N–H and O–H groups in total. The van der Waals surface area contributed by atoms with Crippen LogP contribution in [-0.2, 0) is 9.53 Å². The van der Waals surface area contributed by atoms with E-state index in [0.29, 0.717) is 17.3 Å². The molecule has 1 aliphatic heterocycles. The molecule has 18 heavy (non-hydrogen) atoms. The molecule has 1 heterocycles. The summed E-state index contributed by atoms with van der Waals surface area (Å²) in [5, 5.41) is 0.580. The van der Waals surface area contributed by atoms with Crippen molar-refractivity contribution in [3.8, 4) is 5.75 Å². The van der Waals surface area contributed by atoms with Crippen LogP contribution in [0.5, 0.6) is 5.75 Å². The second-order valence-corrected chi connectivity index (χ2v) is 4.68. The van der Waals surface area contributed by atoms with Crippen LogP contribution >= 0.6 is 11.6 Å². The molecule has 1 fully saturated rings. The summed E-state index contributed by atoms with van der Waals surface area (Å²) in [7, 11) is 3.01. The maximum absolute atomic E-state index is 11.5. The molecule has 0 spiro atoms. The lowest BCUT2D eigenvalue weighted by Crippen LogP contribution is -2.23. The maximum atomic E-state index is 11.5. The Morgan fingerprint density at radius 3 is 2.83 bits per heavy atom. The number of esters is 1. The number of anilines is 1. The van der Waals surface area contributed by atoms with Crippen molar-refractivity contribution in [1.82, 2.24) is 0 Å². The average molecular weight is 270 g/mol. The summed E-state index contributed by atoms with van der Waals surface area (Å²) in [6.45, 7) is 1.51. The van der Waals surface area contributed by atoms with E-state index in [1.807, 2.05) is 18.2 Å². The van der Waals surface area contributed by atoms with Gasteiger partial charge in [-0.2, -0.15) is 0 Å². The smallest absolute Gasteiger partial charge is 0.310 e. The summed E-state index contributed by atoms with van der Waals surface area (Å²) < 4.78 is 9.88. The third-order valence-corrected chi connectivity index (χ3v) is 3.52. The third-order valence-electron chi connectivity index (χ3n) is 3.22. The van der Waals surface area contributed by atoms with Gasteiger partial charge >= 0.3 is 5.97 Å². The van der Waals surface area contributed by atoms with E-state index in [9.17, 15) is 4.79 Å². The average Bonchev–Trinajstić information content (AvgIpc) is 2.87. The van der Waals surface area contributed by atoms with E-state index in [2.05, 4.69) is 4.90 Å². The number of nitrogens with zero attached hydrogens (tertiary/aromatic N) is 1. The molecule has 98 valence electrons. The van der Waals surface area contributed by atoms with Gasteiger partial charge in [0.2, 0.25) is 0 Å². The normalized spacial score (nSPS) is 18.8. The zero-order valence-corrected chi connectivity index (χ0v) is 11.2. The van der Waals surface area contributed by atoms with Crippen LogP contribution in [0.2, 0.25) is 5.02 Å². The van der Waals surface area contributed by atoms with Crippen molar-refractivity contribution in [2.75, 3.05) is 32.2 Å². The van der Waals surface area contributed by atoms with Gasteiger partial charge in [0.15, 0.2) is 0 Å². The molecule has 0 saturated carbocycles. The number of carbonyl (C=O) groups excluding carboxylic acids is 1. The molecule has 0 amide bonds. The Bertz CT molecular complexity index is 450. The van der Waals surface area contributed by atoms with E-state index >= 15 is 0 Å². The first-order valence-corrected chi connectivity index (χ1v) is 6.20. The second kappa shape index (κ2) is 5.48. The molecular formula is C13H16ClNO3. The minimum Gasteiger partial charge on any atom is -0.495 e. The van der Waals surface area contributed by atoms with Gasteiger partial charge in [-0.15, -0.1) is 0 Å². The predicted molar refractivity (Wildman–Crippen MR) is 70.3 cm³/mol. The molecular weight excluding hydrogens is 254 g/mol. The van der Waals surface area contributed by atoms with Crippen molar-refractivity contribution in [1.29, 1.82) is 0 Å². The fourth-order valence-corrected chi connectivity index (χ4v) is 2.46. The first-order chi connectivity index (χ1) is 8.65. The summed E-state index contributed by atoms with van der Waals surface area (Å²) in [5.74, 6) is 0.470. The number of rotatable bonds is 3. The SMILES string of the molecule is COC(=O)C1CCN(c2ccc(OC)c(Cl)c2)C1. The van der Waals surface area contributed by atoms with Crippen molar-refractivity contribution in [3.63, 3.8) is 0 Å². The predicted octanol–water partition coefficient (Wildman–Crippen LogP) is 2.35. The number of benzene rings is 1. The van der Waals surface area contributed by atoms with Crippen molar-refractivity contribution >= 4 is 23.3 Å². The Labute approximate surface area is 111 Å². The first-order valence-electron chi connectivity index (χ1n) is 5.82. The summed E-state index contributed by atoms with van der Waals surface area (Å²) in [5.41, 5.74) is 1.01. The molecule has 0 radical (unpaired) electrons. The summed E-state index contributed by atoms with van der Waals surface area (Å²) in [4.78, 5) is 13.6.